The first-order valence-corrected chi connectivity index (χ1v) is 5.59. The number of carboxylic acids is 1. The van der Waals surface area contributed by atoms with Crippen molar-refractivity contribution in [1.82, 2.24) is 4.90 Å². The largest absolute Gasteiger partial charge is 0.481 e. The predicted molar refractivity (Wildman–Crippen MR) is 60.0 cm³/mol. The number of carboxylic acid groups (broad SMARTS) is 1. The van der Waals surface area contributed by atoms with Crippen LogP contribution in [0.15, 0.2) is 0 Å². The molecule has 0 aliphatic carbocycles. The second-order valence-corrected chi connectivity index (χ2v) is 3.69. The quantitative estimate of drug-likeness (QED) is 0.625. The lowest BCUT2D eigenvalue weighted by molar-refractivity contribution is -0.143. The Balaban J connectivity index is 4.08. The molecular formula is C11H23NO3. The van der Waals surface area contributed by atoms with E-state index < -0.39 is 5.97 Å². The van der Waals surface area contributed by atoms with E-state index in [1.807, 2.05) is 20.8 Å². The molecule has 1 N–H and O–H groups in total. The molecule has 4 heteroatoms. The van der Waals surface area contributed by atoms with E-state index in [-0.39, 0.29) is 12.0 Å². The average molecular weight is 217 g/mol. The Hall–Kier alpha value is -0.610. The maximum absolute atomic E-state index is 10.8. The van der Waals surface area contributed by atoms with Gasteiger partial charge in [-0.2, -0.15) is 0 Å². The molecule has 0 saturated carbocycles. The zero-order valence-electron chi connectivity index (χ0n) is 10.2. The first kappa shape index (κ1) is 14.4. The molecule has 2 unspecified atom stereocenters. The van der Waals surface area contributed by atoms with E-state index in [1.54, 1.807) is 6.92 Å². The van der Waals surface area contributed by atoms with Crippen LogP contribution in [0.3, 0.4) is 0 Å². The van der Waals surface area contributed by atoms with Crippen LogP contribution < -0.4 is 0 Å². The molecule has 0 bridgehead atoms. The molecule has 0 rings (SSSR count). The van der Waals surface area contributed by atoms with Gasteiger partial charge in [0, 0.05) is 19.2 Å². The van der Waals surface area contributed by atoms with Gasteiger partial charge in [-0.25, -0.2) is 0 Å². The van der Waals surface area contributed by atoms with E-state index in [0.717, 1.165) is 13.1 Å². The Labute approximate surface area is 92.2 Å². The molecule has 0 fully saturated rings. The van der Waals surface area contributed by atoms with Crippen LogP contribution in [0, 0.1) is 5.92 Å². The molecule has 0 aromatic rings. The minimum absolute atomic E-state index is 0.0490. The highest BCUT2D eigenvalue weighted by molar-refractivity contribution is 5.70. The van der Waals surface area contributed by atoms with Gasteiger partial charge in [-0.05, 0) is 20.4 Å². The molecule has 15 heavy (non-hydrogen) atoms. The van der Waals surface area contributed by atoms with Crippen molar-refractivity contribution in [3.05, 3.63) is 0 Å². The Morgan fingerprint density at radius 1 is 1.40 bits per heavy atom. The van der Waals surface area contributed by atoms with E-state index in [4.69, 9.17) is 9.84 Å². The Morgan fingerprint density at radius 2 is 2.00 bits per heavy atom. The van der Waals surface area contributed by atoms with Gasteiger partial charge in [0.2, 0.25) is 0 Å². The number of nitrogens with zero attached hydrogens (tertiary/aromatic N) is 1. The van der Waals surface area contributed by atoms with E-state index in [1.165, 1.54) is 0 Å². The Kier molecular flexibility index (Phi) is 7.34. The standard InChI is InChI=1S/C11H23NO3/c1-5-12(7-8-15-6-2)10(4)9(3)11(13)14/h9-10H,5-8H2,1-4H3,(H,13,14). The van der Waals surface area contributed by atoms with Crippen LogP contribution in [-0.4, -0.2) is 48.3 Å². The van der Waals surface area contributed by atoms with Crippen LogP contribution in [0.2, 0.25) is 0 Å². The monoisotopic (exact) mass is 217 g/mol. The maximum Gasteiger partial charge on any atom is 0.307 e. The number of ether oxygens (including phenoxy) is 1. The van der Waals surface area contributed by atoms with Crippen LogP contribution in [0.5, 0.6) is 0 Å². The van der Waals surface area contributed by atoms with Gasteiger partial charge in [0.25, 0.3) is 0 Å². The first-order chi connectivity index (χ1) is 7.04. The van der Waals surface area contributed by atoms with E-state index in [2.05, 4.69) is 4.90 Å². The zero-order valence-corrected chi connectivity index (χ0v) is 10.2. The van der Waals surface area contributed by atoms with Crippen molar-refractivity contribution in [2.24, 2.45) is 5.92 Å². The summed E-state index contributed by atoms with van der Waals surface area (Å²) in [6, 6.07) is 0.0490. The molecule has 90 valence electrons. The second-order valence-electron chi connectivity index (χ2n) is 3.69. The minimum atomic E-state index is -0.739. The first-order valence-electron chi connectivity index (χ1n) is 5.59. The van der Waals surface area contributed by atoms with Gasteiger partial charge in [-0.1, -0.05) is 13.8 Å². The van der Waals surface area contributed by atoms with Gasteiger partial charge < -0.3 is 9.84 Å². The van der Waals surface area contributed by atoms with Crippen molar-refractivity contribution in [3.8, 4) is 0 Å². The third-order valence-electron chi connectivity index (χ3n) is 2.82. The topological polar surface area (TPSA) is 49.8 Å². The molecule has 2 atom stereocenters. The zero-order chi connectivity index (χ0) is 11.8. The maximum atomic E-state index is 10.8. The lowest BCUT2D eigenvalue weighted by Crippen LogP contribution is -2.42. The molecule has 0 aromatic carbocycles. The van der Waals surface area contributed by atoms with Crippen LogP contribution in [0.25, 0.3) is 0 Å². The van der Waals surface area contributed by atoms with Gasteiger partial charge in [0.1, 0.15) is 0 Å². The van der Waals surface area contributed by atoms with Gasteiger partial charge >= 0.3 is 5.97 Å². The van der Waals surface area contributed by atoms with Crippen LogP contribution in [-0.2, 0) is 9.53 Å². The minimum Gasteiger partial charge on any atom is -0.481 e. The fraction of sp³-hybridized carbons (Fsp3) is 0.909. The Bertz CT molecular complexity index is 185. The number of aliphatic carboxylic acids is 1. The highest BCUT2D eigenvalue weighted by Crippen LogP contribution is 2.10. The SMILES string of the molecule is CCOCCN(CC)C(C)C(C)C(=O)O. The smallest absolute Gasteiger partial charge is 0.307 e. The van der Waals surface area contributed by atoms with Gasteiger partial charge in [0.05, 0.1) is 12.5 Å². The Morgan fingerprint density at radius 3 is 2.40 bits per heavy atom. The van der Waals surface area contributed by atoms with Crippen LogP contribution in [0.4, 0.5) is 0 Å². The van der Waals surface area contributed by atoms with Gasteiger partial charge in [-0.3, -0.25) is 9.69 Å². The molecule has 4 nitrogen and oxygen atoms in total. The molecule has 0 aliphatic heterocycles. The summed E-state index contributed by atoms with van der Waals surface area (Å²) >= 11 is 0. The summed E-state index contributed by atoms with van der Waals surface area (Å²) in [6.07, 6.45) is 0. The summed E-state index contributed by atoms with van der Waals surface area (Å²) in [5.41, 5.74) is 0. The van der Waals surface area contributed by atoms with E-state index in [0.29, 0.717) is 13.2 Å². The second kappa shape index (κ2) is 7.65. The molecule has 0 amide bonds. The van der Waals surface area contributed by atoms with Crippen LogP contribution in [0.1, 0.15) is 27.7 Å². The fourth-order valence-corrected chi connectivity index (χ4v) is 1.50. The third kappa shape index (κ3) is 5.14. The van der Waals surface area contributed by atoms with Crippen molar-refractivity contribution in [3.63, 3.8) is 0 Å². The molecular weight excluding hydrogens is 194 g/mol. The number of hydrogen-bond acceptors (Lipinski definition) is 3. The van der Waals surface area contributed by atoms with Crippen molar-refractivity contribution in [2.75, 3.05) is 26.3 Å². The summed E-state index contributed by atoms with van der Waals surface area (Å²) in [4.78, 5) is 13.0. The predicted octanol–water partition coefficient (Wildman–Crippen LogP) is 1.45. The van der Waals surface area contributed by atoms with Crippen LogP contribution >= 0.6 is 0 Å². The summed E-state index contributed by atoms with van der Waals surface area (Å²) < 4.78 is 5.27. The number of rotatable bonds is 8. The summed E-state index contributed by atoms with van der Waals surface area (Å²) in [5, 5.41) is 8.91. The molecule has 0 aromatic heterocycles. The lowest BCUT2D eigenvalue weighted by Gasteiger charge is -2.30. The number of hydrogen-bond donors (Lipinski definition) is 1. The fourth-order valence-electron chi connectivity index (χ4n) is 1.50. The molecule has 0 saturated heterocycles. The summed E-state index contributed by atoms with van der Waals surface area (Å²) in [7, 11) is 0. The lowest BCUT2D eigenvalue weighted by atomic mass is 10.0. The van der Waals surface area contributed by atoms with Gasteiger partial charge in [0.15, 0.2) is 0 Å². The molecule has 0 spiro atoms. The van der Waals surface area contributed by atoms with E-state index >= 15 is 0 Å². The summed E-state index contributed by atoms with van der Waals surface area (Å²) in [5.74, 6) is -1.08. The normalized spacial score (nSPS) is 15.3. The van der Waals surface area contributed by atoms with Gasteiger partial charge in [-0.15, -0.1) is 0 Å². The van der Waals surface area contributed by atoms with Crippen molar-refractivity contribution < 1.29 is 14.6 Å². The number of likely N-dealkylation sites (N-methyl/N-ethyl adjacent to an activating group) is 1. The van der Waals surface area contributed by atoms with Crippen molar-refractivity contribution in [1.29, 1.82) is 0 Å². The van der Waals surface area contributed by atoms with Crippen molar-refractivity contribution >= 4 is 5.97 Å². The number of carbonyl (C=O) groups is 1. The molecule has 0 radical (unpaired) electrons. The van der Waals surface area contributed by atoms with Crippen molar-refractivity contribution in [2.45, 2.75) is 33.7 Å². The third-order valence-corrected chi connectivity index (χ3v) is 2.82. The molecule has 0 heterocycles. The highest BCUT2D eigenvalue weighted by Gasteiger charge is 2.23. The molecule has 0 aliphatic rings. The highest BCUT2D eigenvalue weighted by atomic mass is 16.5. The van der Waals surface area contributed by atoms with E-state index in [9.17, 15) is 4.79 Å². The average Bonchev–Trinajstić information content (AvgIpc) is 2.22. The summed E-state index contributed by atoms with van der Waals surface area (Å²) in [6.45, 7) is 10.7.